The summed E-state index contributed by atoms with van der Waals surface area (Å²) in [7, 11) is 0. The molecule has 1 atom stereocenters. The van der Waals surface area contributed by atoms with Crippen molar-refractivity contribution in [1.82, 2.24) is 20.2 Å². The number of rotatable bonds is 4. The van der Waals surface area contributed by atoms with Gasteiger partial charge >= 0.3 is 0 Å². The number of aromatic nitrogens is 2. The zero-order valence-corrected chi connectivity index (χ0v) is 17.8. The Kier molecular flexibility index (Phi) is 9.10. The van der Waals surface area contributed by atoms with Crippen molar-refractivity contribution >= 4 is 36.5 Å². The summed E-state index contributed by atoms with van der Waals surface area (Å²) in [5, 5.41) is 3.35. The van der Waals surface area contributed by atoms with Crippen molar-refractivity contribution in [1.29, 1.82) is 0 Å². The number of piperazine rings is 1. The number of carbonyl (C=O) groups excluding carboxylic acids is 1. The summed E-state index contributed by atoms with van der Waals surface area (Å²) < 4.78 is 5.44. The summed E-state index contributed by atoms with van der Waals surface area (Å²) in [5.41, 5.74) is 1.01. The number of carbonyl (C=O) groups is 1. The Bertz CT molecular complexity index is 766. The lowest BCUT2D eigenvalue weighted by molar-refractivity contribution is -0.132. The number of benzene rings is 1. The van der Waals surface area contributed by atoms with E-state index in [0.29, 0.717) is 13.0 Å². The number of halogens is 2. The zero-order chi connectivity index (χ0) is 18.5. The van der Waals surface area contributed by atoms with Crippen LogP contribution in [-0.2, 0) is 9.53 Å². The first kappa shape index (κ1) is 23.3. The van der Waals surface area contributed by atoms with Crippen LogP contribution in [-0.4, -0.2) is 72.8 Å². The third-order valence-electron chi connectivity index (χ3n) is 5.05. The van der Waals surface area contributed by atoms with Gasteiger partial charge in [-0.05, 0) is 6.07 Å². The van der Waals surface area contributed by atoms with Gasteiger partial charge in [0.25, 0.3) is 0 Å². The minimum Gasteiger partial charge on any atom is -0.378 e. The van der Waals surface area contributed by atoms with Crippen molar-refractivity contribution in [3.63, 3.8) is 0 Å². The molecule has 0 saturated carbocycles. The monoisotopic (exact) mass is 439 g/mol. The van der Waals surface area contributed by atoms with Gasteiger partial charge in [-0.1, -0.05) is 30.3 Å². The van der Waals surface area contributed by atoms with Crippen LogP contribution >= 0.6 is 24.8 Å². The fourth-order valence-corrected chi connectivity index (χ4v) is 3.53. The minimum absolute atomic E-state index is 0. The highest BCUT2D eigenvalue weighted by atomic mass is 35.5. The van der Waals surface area contributed by atoms with Crippen LogP contribution in [0.15, 0.2) is 42.6 Å². The molecule has 1 N–H and O–H groups in total. The lowest BCUT2D eigenvalue weighted by atomic mass is 10.1. The molecule has 2 saturated heterocycles. The Morgan fingerprint density at radius 3 is 2.55 bits per heavy atom. The first-order valence-electron chi connectivity index (χ1n) is 9.52. The van der Waals surface area contributed by atoms with Gasteiger partial charge in [0.1, 0.15) is 5.82 Å². The standard InChI is InChI=1S/C20H25N5O2.2ClH/c26-19(14-17-15-27-13-8-21-17)25-11-9-24(10-12-25)18-6-7-22-20(23-18)16-4-2-1-3-5-16;;/h1-7,17,21H,8-15H2;2*1H. The highest BCUT2D eigenvalue weighted by molar-refractivity contribution is 5.85. The van der Waals surface area contributed by atoms with Crippen molar-refractivity contribution in [2.45, 2.75) is 12.5 Å². The molecule has 1 amide bonds. The van der Waals surface area contributed by atoms with E-state index < -0.39 is 0 Å². The van der Waals surface area contributed by atoms with Gasteiger partial charge in [0.05, 0.1) is 13.2 Å². The molecule has 2 aliphatic rings. The van der Waals surface area contributed by atoms with Crippen molar-refractivity contribution in [2.24, 2.45) is 0 Å². The molecule has 29 heavy (non-hydrogen) atoms. The third kappa shape index (κ3) is 6.02. The van der Waals surface area contributed by atoms with E-state index in [0.717, 1.165) is 56.5 Å². The van der Waals surface area contributed by atoms with Crippen LogP contribution in [0, 0.1) is 0 Å². The Morgan fingerprint density at radius 2 is 1.86 bits per heavy atom. The lowest BCUT2D eigenvalue weighted by Crippen LogP contribution is -2.51. The largest absolute Gasteiger partial charge is 0.378 e. The first-order valence-corrected chi connectivity index (χ1v) is 9.52. The Balaban J connectivity index is 0.00000150. The number of anilines is 1. The van der Waals surface area contributed by atoms with Gasteiger partial charge in [-0.15, -0.1) is 24.8 Å². The molecule has 2 aromatic rings. The molecule has 0 spiro atoms. The average molecular weight is 440 g/mol. The molecule has 3 heterocycles. The minimum atomic E-state index is 0. The van der Waals surface area contributed by atoms with Gasteiger partial charge in [-0.3, -0.25) is 4.79 Å². The molecular weight excluding hydrogens is 413 g/mol. The maximum Gasteiger partial charge on any atom is 0.224 e. The quantitative estimate of drug-likeness (QED) is 0.785. The molecule has 1 aromatic heterocycles. The summed E-state index contributed by atoms with van der Waals surface area (Å²) in [6.45, 7) is 5.18. The molecule has 2 aliphatic heterocycles. The SMILES string of the molecule is Cl.Cl.O=C(CC1COCCN1)N1CCN(c2ccnc(-c3ccccc3)n2)CC1. The van der Waals surface area contributed by atoms with Crippen LogP contribution in [0.3, 0.4) is 0 Å². The van der Waals surface area contributed by atoms with Crippen LogP contribution in [0.5, 0.6) is 0 Å². The fourth-order valence-electron chi connectivity index (χ4n) is 3.53. The van der Waals surface area contributed by atoms with Crippen LogP contribution in [0.4, 0.5) is 5.82 Å². The third-order valence-corrected chi connectivity index (χ3v) is 5.05. The van der Waals surface area contributed by atoms with Crippen LogP contribution < -0.4 is 10.2 Å². The highest BCUT2D eigenvalue weighted by Gasteiger charge is 2.25. The summed E-state index contributed by atoms with van der Waals surface area (Å²) >= 11 is 0. The topological polar surface area (TPSA) is 70.6 Å². The molecular formula is C20H27Cl2N5O2. The molecule has 0 aliphatic carbocycles. The number of nitrogens with one attached hydrogen (secondary N) is 1. The second kappa shape index (κ2) is 11.3. The predicted molar refractivity (Wildman–Crippen MR) is 118 cm³/mol. The van der Waals surface area contributed by atoms with E-state index in [1.165, 1.54) is 0 Å². The van der Waals surface area contributed by atoms with Gasteiger partial charge in [-0.2, -0.15) is 0 Å². The molecule has 7 nitrogen and oxygen atoms in total. The smallest absolute Gasteiger partial charge is 0.224 e. The van der Waals surface area contributed by atoms with Crippen LogP contribution in [0.1, 0.15) is 6.42 Å². The normalized spacial score (nSPS) is 19.1. The number of hydrogen-bond acceptors (Lipinski definition) is 6. The highest BCUT2D eigenvalue weighted by Crippen LogP contribution is 2.19. The van der Waals surface area contributed by atoms with E-state index >= 15 is 0 Å². The van der Waals surface area contributed by atoms with E-state index in [-0.39, 0.29) is 36.8 Å². The number of nitrogens with zero attached hydrogens (tertiary/aromatic N) is 4. The Hall–Kier alpha value is -1.93. The zero-order valence-electron chi connectivity index (χ0n) is 16.2. The van der Waals surface area contributed by atoms with Crippen molar-refractivity contribution in [3.8, 4) is 11.4 Å². The Morgan fingerprint density at radius 1 is 1.10 bits per heavy atom. The van der Waals surface area contributed by atoms with Crippen LogP contribution in [0.2, 0.25) is 0 Å². The molecule has 1 aromatic carbocycles. The first-order chi connectivity index (χ1) is 13.3. The van der Waals surface area contributed by atoms with E-state index in [1.807, 2.05) is 41.3 Å². The van der Waals surface area contributed by atoms with Gasteiger partial charge in [0.2, 0.25) is 5.91 Å². The van der Waals surface area contributed by atoms with Gasteiger partial charge in [0.15, 0.2) is 5.82 Å². The van der Waals surface area contributed by atoms with Gasteiger partial charge < -0.3 is 19.9 Å². The van der Waals surface area contributed by atoms with Gasteiger partial charge in [0, 0.05) is 56.9 Å². The average Bonchev–Trinajstić information content (AvgIpc) is 2.75. The molecule has 9 heteroatoms. The van der Waals surface area contributed by atoms with Crippen molar-refractivity contribution < 1.29 is 9.53 Å². The van der Waals surface area contributed by atoms with E-state index in [4.69, 9.17) is 9.72 Å². The predicted octanol–water partition coefficient (Wildman–Crippen LogP) is 2.01. The second-order valence-electron chi connectivity index (χ2n) is 6.90. The maximum absolute atomic E-state index is 12.5. The molecule has 1 unspecified atom stereocenters. The Labute approximate surface area is 183 Å². The number of ether oxygens (including phenoxy) is 1. The number of amides is 1. The van der Waals surface area contributed by atoms with Gasteiger partial charge in [-0.25, -0.2) is 9.97 Å². The molecule has 0 bridgehead atoms. The summed E-state index contributed by atoms with van der Waals surface area (Å²) in [6.07, 6.45) is 2.31. The molecule has 158 valence electrons. The number of morpholine rings is 1. The van der Waals surface area contributed by atoms with E-state index in [2.05, 4.69) is 15.2 Å². The fraction of sp³-hybridized carbons (Fsp3) is 0.450. The molecule has 4 rings (SSSR count). The van der Waals surface area contributed by atoms with Crippen molar-refractivity contribution in [2.75, 3.05) is 50.8 Å². The summed E-state index contributed by atoms with van der Waals surface area (Å²) in [4.78, 5) is 25.8. The summed E-state index contributed by atoms with van der Waals surface area (Å²) in [6, 6.07) is 12.1. The number of hydrogen-bond donors (Lipinski definition) is 1. The molecule has 0 radical (unpaired) electrons. The summed E-state index contributed by atoms with van der Waals surface area (Å²) in [5.74, 6) is 1.85. The van der Waals surface area contributed by atoms with Crippen molar-refractivity contribution in [3.05, 3.63) is 42.6 Å². The van der Waals surface area contributed by atoms with E-state index in [1.54, 1.807) is 6.20 Å². The lowest BCUT2D eigenvalue weighted by Gasteiger charge is -2.36. The molecule has 2 fully saturated rings. The maximum atomic E-state index is 12.5. The second-order valence-corrected chi connectivity index (χ2v) is 6.90. The van der Waals surface area contributed by atoms with E-state index in [9.17, 15) is 4.79 Å². The van der Waals surface area contributed by atoms with Crippen LogP contribution in [0.25, 0.3) is 11.4 Å².